The molecule has 0 saturated carbocycles. The minimum absolute atomic E-state index is 0.0408. The summed E-state index contributed by atoms with van der Waals surface area (Å²) in [6.07, 6.45) is 1.38. The van der Waals surface area contributed by atoms with Crippen LogP contribution in [0.25, 0.3) is 10.9 Å². The molecule has 0 aliphatic carbocycles. The second kappa shape index (κ2) is 5.07. The summed E-state index contributed by atoms with van der Waals surface area (Å²) >= 11 is 0. The fraction of sp³-hybridized carbons (Fsp3) is 0.333. The molecule has 0 amide bonds. The van der Waals surface area contributed by atoms with Crippen molar-refractivity contribution in [2.45, 2.75) is 6.10 Å². The summed E-state index contributed by atoms with van der Waals surface area (Å²) in [4.78, 5) is 18.8. The first-order chi connectivity index (χ1) is 9.24. The van der Waals surface area contributed by atoms with Crippen molar-refractivity contribution >= 4 is 16.7 Å². The van der Waals surface area contributed by atoms with Gasteiger partial charge in [-0.25, -0.2) is 0 Å². The van der Waals surface area contributed by atoms with E-state index in [1.165, 1.54) is 0 Å². The maximum Gasteiger partial charge on any atom is 0.192 e. The van der Waals surface area contributed by atoms with E-state index in [1.807, 2.05) is 37.4 Å². The summed E-state index contributed by atoms with van der Waals surface area (Å²) in [6, 6.07) is 9.51. The normalized spacial score (nSPS) is 20.6. The molecule has 3 rings (SSSR count). The van der Waals surface area contributed by atoms with E-state index >= 15 is 0 Å². The fourth-order valence-corrected chi connectivity index (χ4v) is 2.34. The van der Waals surface area contributed by atoms with Crippen LogP contribution in [-0.4, -0.2) is 48.5 Å². The first-order valence-electron chi connectivity index (χ1n) is 6.43. The zero-order valence-electron chi connectivity index (χ0n) is 10.9. The lowest BCUT2D eigenvalue weighted by Crippen LogP contribution is -2.44. The molecule has 1 aliphatic heterocycles. The van der Waals surface area contributed by atoms with Crippen LogP contribution in [0.4, 0.5) is 0 Å². The summed E-state index contributed by atoms with van der Waals surface area (Å²) in [7, 11) is 2.00. The molecule has 19 heavy (non-hydrogen) atoms. The van der Waals surface area contributed by atoms with Gasteiger partial charge in [0, 0.05) is 30.2 Å². The van der Waals surface area contributed by atoms with E-state index < -0.39 is 0 Å². The Morgan fingerprint density at radius 1 is 1.42 bits per heavy atom. The van der Waals surface area contributed by atoms with Gasteiger partial charge >= 0.3 is 0 Å². The SMILES string of the molecule is CN1CCOC(C(=O)c2ccc3cccnc3c2)C1. The van der Waals surface area contributed by atoms with Gasteiger partial charge in [-0.3, -0.25) is 9.78 Å². The van der Waals surface area contributed by atoms with Crippen LogP contribution in [0.3, 0.4) is 0 Å². The summed E-state index contributed by atoms with van der Waals surface area (Å²) < 4.78 is 5.57. The number of aromatic nitrogens is 1. The van der Waals surface area contributed by atoms with Crippen LogP contribution in [0, 0.1) is 0 Å². The van der Waals surface area contributed by atoms with E-state index in [0.29, 0.717) is 18.7 Å². The lowest BCUT2D eigenvalue weighted by atomic mass is 10.0. The van der Waals surface area contributed by atoms with Gasteiger partial charge in [-0.2, -0.15) is 0 Å². The van der Waals surface area contributed by atoms with Gasteiger partial charge in [0.2, 0.25) is 0 Å². The topological polar surface area (TPSA) is 42.4 Å². The second-order valence-electron chi connectivity index (χ2n) is 4.90. The van der Waals surface area contributed by atoms with E-state index in [1.54, 1.807) is 6.20 Å². The number of likely N-dealkylation sites (N-methyl/N-ethyl adjacent to an activating group) is 1. The lowest BCUT2D eigenvalue weighted by Gasteiger charge is -2.29. The zero-order valence-corrected chi connectivity index (χ0v) is 10.9. The largest absolute Gasteiger partial charge is 0.367 e. The van der Waals surface area contributed by atoms with Crippen LogP contribution in [0.15, 0.2) is 36.5 Å². The highest BCUT2D eigenvalue weighted by Crippen LogP contribution is 2.16. The number of fused-ring (bicyclic) bond motifs is 1. The predicted molar refractivity (Wildman–Crippen MR) is 73.3 cm³/mol. The van der Waals surface area contributed by atoms with E-state index in [0.717, 1.165) is 17.4 Å². The number of carbonyl (C=O) groups excluding carboxylic acids is 1. The molecule has 4 heteroatoms. The number of morpholine rings is 1. The van der Waals surface area contributed by atoms with Gasteiger partial charge in [0.1, 0.15) is 6.10 Å². The van der Waals surface area contributed by atoms with Crippen molar-refractivity contribution in [1.29, 1.82) is 0 Å². The van der Waals surface area contributed by atoms with Gasteiger partial charge in [-0.1, -0.05) is 18.2 Å². The smallest absolute Gasteiger partial charge is 0.192 e. The number of carbonyl (C=O) groups is 1. The molecule has 1 aliphatic rings. The molecule has 4 nitrogen and oxygen atoms in total. The monoisotopic (exact) mass is 256 g/mol. The highest BCUT2D eigenvalue weighted by molar-refractivity contribution is 6.02. The molecule has 2 aromatic rings. The number of hydrogen-bond donors (Lipinski definition) is 0. The quantitative estimate of drug-likeness (QED) is 0.768. The third-order valence-corrected chi connectivity index (χ3v) is 3.45. The van der Waals surface area contributed by atoms with Gasteiger partial charge in [-0.15, -0.1) is 0 Å². The molecule has 0 N–H and O–H groups in total. The average molecular weight is 256 g/mol. The number of nitrogens with zero attached hydrogens (tertiary/aromatic N) is 2. The molecule has 1 unspecified atom stereocenters. The molecule has 98 valence electrons. The zero-order chi connectivity index (χ0) is 13.2. The first kappa shape index (κ1) is 12.3. The number of ether oxygens (including phenoxy) is 1. The van der Waals surface area contributed by atoms with Crippen LogP contribution in [0.2, 0.25) is 0 Å². The van der Waals surface area contributed by atoms with Crippen LogP contribution >= 0.6 is 0 Å². The van der Waals surface area contributed by atoms with Crippen LogP contribution in [0.1, 0.15) is 10.4 Å². The molecular weight excluding hydrogens is 240 g/mol. The van der Waals surface area contributed by atoms with Crippen molar-refractivity contribution in [2.75, 3.05) is 26.7 Å². The maximum atomic E-state index is 12.4. The molecule has 1 aromatic heterocycles. The van der Waals surface area contributed by atoms with E-state index in [-0.39, 0.29) is 11.9 Å². The van der Waals surface area contributed by atoms with Crippen molar-refractivity contribution in [1.82, 2.24) is 9.88 Å². The van der Waals surface area contributed by atoms with E-state index in [4.69, 9.17) is 4.74 Å². The summed E-state index contributed by atoms with van der Waals surface area (Å²) in [6.45, 7) is 2.14. The molecule has 0 bridgehead atoms. The van der Waals surface area contributed by atoms with Crippen molar-refractivity contribution in [3.63, 3.8) is 0 Å². The Labute approximate surface area is 112 Å². The number of benzene rings is 1. The molecule has 1 saturated heterocycles. The lowest BCUT2D eigenvalue weighted by molar-refractivity contribution is -0.00861. The van der Waals surface area contributed by atoms with Gasteiger partial charge in [0.05, 0.1) is 12.1 Å². The molecular formula is C15H16N2O2. The summed E-state index contributed by atoms with van der Waals surface area (Å²) in [5.74, 6) is 0.0408. The highest BCUT2D eigenvalue weighted by atomic mass is 16.5. The van der Waals surface area contributed by atoms with Gasteiger partial charge in [0.15, 0.2) is 5.78 Å². The van der Waals surface area contributed by atoms with Crippen LogP contribution < -0.4 is 0 Å². The molecule has 1 aromatic carbocycles. The first-order valence-corrected chi connectivity index (χ1v) is 6.43. The van der Waals surface area contributed by atoms with Gasteiger partial charge in [0.25, 0.3) is 0 Å². The highest BCUT2D eigenvalue weighted by Gasteiger charge is 2.25. The third-order valence-electron chi connectivity index (χ3n) is 3.45. The standard InChI is InChI=1S/C15H16N2O2/c1-17-7-8-19-14(10-17)15(18)12-5-4-11-3-2-6-16-13(11)9-12/h2-6,9,14H,7-8,10H2,1H3. The van der Waals surface area contributed by atoms with Crippen molar-refractivity contribution < 1.29 is 9.53 Å². The molecule has 0 radical (unpaired) electrons. The van der Waals surface area contributed by atoms with Crippen molar-refractivity contribution in [3.8, 4) is 0 Å². The summed E-state index contributed by atoms with van der Waals surface area (Å²) in [5.41, 5.74) is 1.52. The van der Waals surface area contributed by atoms with Crippen LogP contribution in [-0.2, 0) is 4.74 Å². The minimum atomic E-state index is -0.361. The van der Waals surface area contributed by atoms with Crippen LogP contribution in [0.5, 0.6) is 0 Å². The number of hydrogen-bond acceptors (Lipinski definition) is 4. The molecule has 0 spiro atoms. The maximum absolute atomic E-state index is 12.4. The van der Waals surface area contributed by atoms with E-state index in [2.05, 4.69) is 9.88 Å². The molecule has 2 heterocycles. The van der Waals surface area contributed by atoms with Crippen molar-refractivity contribution in [2.24, 2.45) is 0 Å². The Morgan fingerprint density at radius 3 is 3.16 bits per heavy atom. The number of rotatable bonds is 2. The Morgan fingerprint density at radius 2 is 2.32 bits per heavy atom. The molecule has 1 fully saturated rings. The Bertz CT molecular complexity index is 612. The third kappa shape index (κ3) is 2.50. The Kier molecular flexibility index (Phi) is 3.27. The number of ketones is 1. The summed E-state index contributed by atoms with van der Waals surface area (Å²) in [5, 5.41) is 1.04. The number of Topliss-reactive ketones (excluding diaryl/α,β-unsaturated/α-hetero) is 1. The Hall–Kier alpha value is -1.78. The number of pyridine rings is 1. The van der Waals surface area contributed by atoms with Crippen molar-refractivity contribution in [3.05, 3.63) is 42.1 Å². The minimum Gasteiger partial charge on any atom is -0.367 e. The van der Waals surface area contributed by atoms with E-state index in [9.17, 15) is 4.79 Å². The average Bonchev–Trinajstić information content (AvgIpc) is 2.46. The second-order valence-corrected chi connectivity index (χ2v) is 4.90. The van der Waals surface area contributed by atoms with Gasteiger partial charge in [-0.05, 0) is 19.2 Å². The fourth-order valence-electron chi connectivity index (χ4n) is 2.34. The predicted octanol–water partition coefficient (Wildman–Crippen LogP) is 1.75. The molecule has 1 atom stereocenters. The van der Waals surface area contributed by atoms with Gasteiger partial charge < -0.3 is 9.64 Å². The Balaban J connectivity index is 1.88.